The second kappa shape index (κ2) is 4.10. The van der Waals surface area contributed by atoms with Crippen LogP contribution in [0.4, 0.5) is 0 Å². The van der Waals surface area contributed by atoms with Gasteiger partial charge in [-0.15, -0.1) is 0 Å². The first kappa shape index (κ1) is 10.2. The van der Waals surface area contributed by atoms with Crippen LogP contribution in [0.1, 0.15) is 37.3 Å². The minimum atomic E-state index is 0.212. The molecular weight excluding hydrogens is 198 g/mol. The molecule has 86 valence electrons. The summed E-state index contributed by atoms with van der Waals surface area (Å²) in [4.78, 5) is 0. The molecule has 2 nitrogen and oxygen atoms in total. The molecule has 1 atom stereocenters. The lowest BCUT2D eigenvalue weighted by atomic mass is 10.0. The van der Waals surface area contributed by atoms with Gasteiger partial charge in [0.1, 0.15) is 5.75 Å². The predicted octanol–water partition coefficient (Wildman–Crippen LogP) is 2.89. The molecule has 2 N–H and O–H groups in total. The Balaban J connectivity index is 1.65. The largest absolute Gasteiger partial charge is 0.493 e. The Morgan fingerprint density at radius 3 is 2.75 bits per heavy atom. The molecule has 16 heavy (non-hydrogen) atoms. The van der Waals surface area contributed by atoms with Crippen molar-refractivity contribution in [3.8, 4) is 5.75 Å². The zero-order valence-corrected chi connectivity index (χ0v) is 9.56. The number of rotatable bonds is 5. The first-order valence-corrected chi connectivity index (χ1v) is 6.31. The van der Waals surface area contributed by atoms with Crippen LogP contribution in [0.2, 0.25) is 0 Å². The highest BCUT2D eigenvalue weighted by Gasteiger charge is 2.29. The number of benzene rings is 1. The fourth-order valence-corrected chi connectivity index (χ4v) is 2.04. The summed E-state index contributed by atoms with van der Waals surface area (Å²) in [6.45, 7) is 0.877. The minimum Gasteiger partial charge on any atom is -0.493 e. The topological polar surface area (TPSA) is 35.2 Å². The van der Waals surface area contributed by atoms with Crippen molar-refractivity contribution in [2.24, 2.45) is 17.6 Å². The second-order valence-corrected chi connectivity index (χ2v) is 5.19. The van der Waals surface area contributed by atoms with Crippen LogP contribution in [-0.4, -0.2) is 6.61 Å². The first-order chi connectivity index (χ1) is 7.83. The fraction of sp³-hybridized carbons (Fsp3) is 0.571. The van der Waals surface area contributed by atoms with E-state index < -0.39 is 0 Å². The molecule has 2 fully saturated rings. The van der Waals surface area contributed by atoms with Gasteiger partial charge in [-0.1, -0.05) is 12.1 Å². The third-order valence-electron chi connectivity index (χ3n) is 3.56. The van der Waals surface area contributed by atoms with Crippen LogP contribution >= 0.6 is 0 Å². The molecule has 0 bridgehead atoms. The summed E-state index contributed by atoms with van der Waals surface area (Å²) >= 11 is 0. The summed E-state index contributed by atoms with van der Waals surface area (Å²) in [6.07, 6.45) is 5.24. The maximum Gasteiger partial charge on any atom is 0.119 e. The number of hydrogen-bond acceptors (Lipinski definition) is 2. The molecule has 1 aromatic rings. The van der Waals surface area contributed by atoms with Crippen molar-refractivity contribution in [1.29, 1.82) is 0 Å². The van der Waals surface area contributed by atoms with Gasteiger partial charge >= 0.3 is 0 Å². The molecule has 1 aromatic carbocycles. The van der Waals surface area contributed by atoms with E-state index in [0.29, 0.717) is 5.92 Å². The lowest BCUT2D eigenvalue weighted by Gasteiger charge is -2.12. The quantitative estimate of drug-likeness (QED) is 0.823. The van der Waals surface area contributed by atoms with E-state index >= 15 is 0 Å². The smallest absolute Gasteiger partial charge is 0.119 e. The summed E-state index contributed by atoms with van der Waals surface area (Å²) in [5, 5.41) is 0. The predicted molar refractivity (Wildman–Crippen MR) is 64.3 cm³/mol. The van der Waals surface area contributed by atoms with Crippen molar-refractivity contribution >= 4 is 0 Å². The van der Waals surface area contributed by atoms with Crippen molar-refractivity contribution in [2.45, 2.75) is 31.7 Å². The molecule has 2 saturated carbocycles. The fourth-order valence-electron chi connectivity index (χ4n) is 2.04. The third kappa shape index (κ3) is 2.38. The highest BCUT2D eigenvalue weighted by Crippen LogP contribution is 2.40. The van der Waals surface area contributed by atoms with Gasteiger partial charge in [0.2, 0.25) is 0 Å². The van der Waals surface area contributed by atoms with Gasteiger partial charge in [-0.05, 0) is 55.2 Å². The highest BCUT2D eigenvalue weighted by molar-refractivity contribution is 5.31. The zero-order chi connectivity index (χ0) is 11.0. The normalized spacial score (nSPS) is 21.8. The molecule has 2 aliphatic carbocycles. The Morgan fingerprint density at radius 2 is 2.06 bits per heavy atom. The van der Waals surface area contributed by atoms with Crippen molar-refractivity contribution in [1.82, 2.24) is 0 Å². The minimum absolute atomic E-state index is 0.212. The number of hydrogen-bond donors (Lipinski definition) is 1. The molecule has 2 aliphatic rings. The maximum atomic E-state index is 6.18. The van der Waals surface area contributed by atoms with E-state index in [1.54, 1.807) is 0 Å². The average molecular weight is 217 g/mol. The van der Waals surface area contributed by atoms with Gasteiger partial charge in [-0.3, -0.25) is 0 Å². The molecule has 0 radical (unpaired) electrons. The molecule has 3 rings (SSSR count). The van der Waals surface area contributed by atoms with Crippen molar-refractivity contribution in [3.05, 3.63) is 29.8 Å². The lowest BCUT2D eigenvalue weighted by molar-refractivity contribution is 0.299. The molecule has 1 unspecified atom stereocenters. The van der Waals surface area contributed by atoms with E-state index in [-0.39, 0.29) is 6.04 Å². The molecule has 0 heterocycles. The van der Waals surface area contributed by atoms with E-state index in [0.717, 1.165) is 18.3 Å². The Morgan fingerprint density at radius 1 is 1.25 bits per heavy atom. The summed E-state index contributed by atoms with van der Waals surface area (Å²) in [5.74, 6) is 2.50. The Kier molecular flexibility index (Phi) is 2.60. The van der Waals surface area contributed by atoms with Crippen LogP contribution in [0.15, 0.2) is 24.3 Å². The van der Waals surface area contributed by atoms with E-state index in [1.807, 2.05) is 6.07 Å². The van der Waals surface area contributed by atoms with E-state index in [9.17, 15) is 0 Å². The van der Waals surface area contributed by atoms with Gasteiger partial charge < -0.3 is 10.5 Å². The van der Waals surface area contributed by atoms with E-state index in [4.69, 9.17) is 10.5 Å². The third-order valence-corrected chi connectivity index (χ3v) is 3.56. The average Bonchev–Trinajstić information content (AvgIpc) is 3.18. The Bertz CT molecular complexity index is 369. The summed E-state index contributed by atoms with van der Waals surface area (Å²) < 4.78 is 5.77. The highest BCUT2D eigenvalue weighted by atomic mass is 16.5. The number of nitrogens with two attached hydrogens (primary N) is 1. The molecule has 0 amide bonds. The van der Waals surface area contributed by atoms with Crippen LogP contribution in [-0.2, 0) is 0 Å². The lowest BCUT2D eigenvalue weighted by Crippen LogP contribution is -2.12. The molecule has 2 heteroatoms. The Hall–Kier alpha value is -1.02. The van der Waals surface area contributed by atoms with Gasteiger partial charge in [0.05, 0.1) is 6.61 Å². The molecule has 0 aliphatic heterocycles. The summed E-state index contributed by atoms with van der Waals surface area (Å²) in [5.41, 5.74) is 7.41. The Labute approximate surface area is 96.8 Å². The van der Waals surface area contributed by atoms with Gasteiger partial charge in [0, 0.05) is 6.04 Å². The van der Waals surface area contributed by atoms with Crippen LogP contribution in [0, 0.1) is 11.8 Å². The first-order valence-electron chi connectivity index (χ1n) is 6.31. The molecule has 0 aromatic heterocycles. The van der Waals surface area contributed by atoms with Crippen molar-refractivity contribution in [3.63, 3.8) is 0 Å². The SMILES string of the molecule is NC(c1cccc(OCC2CC2)c1)C1CC1. The van der Waals surface area contributed by atoms with E-state index in [2.05, 4.69) is 18.2 Å². The van der Waals surface area contributed by atoms with Gasteiger partial charge in [0.25, 0.3) is 0 Å². The van der Waals surface area contributed by atoms with Crippen LogP contribution in [0.5, 0.6) is 5.75 Å². The van der Waals surface area contributed by atoms with Crippen molar-refractivity contribution < 1.29 is 4.74 Å². The van der Waals surface area contributed by atoms with Crippen molar-refractivity contribution in [2.75, 3.05) is 6.61 Å². The standard InChI is InChI=1S/C14H19NO/c15-14(11-6-7-11)12-2-1-3-13(8-12)16-9-10-4-5-10/h1-3,8,10-11,14H,4-7,9,15H2. The molecule has 0 saturated heterocycles. The maximum absolute atomic E-state index is 6.18. The molecule has 0 spiro atoms. The number of ether oxygens (including phenoxy) is 1. The zero-order valence-electron chi connectivity index (χ0n) is 9.56. The van der Waals surface area contributed by atoms with E-state index in [1.165, 1.54) is 31.2 Å². The second-order valence-electron chi connectivity index (χ2n) is 5.19. The van der Waals surface area contributed by atoms with Gasteiger partial charge in [-0.2, -0.15) is 0 Å². The monoisotopic (exact) mass is 217 g/mol. The van der Waals surface area contributed by atoms with Crippen LogP contribution in [0.3, 0.4) is 0 Å². The summed E-state index contributed by atoms with van der Waals surface area (Å²) in [7, 11) is 0. The molecular formula is C14H19NO. The van der Waals surface area contributed by atoms with Crippen LogP contribution in [0.25, 0.3) is 0 Å². The van der Waals surface area contributed by atoms with Gasteiger partial charge in [-0.25, -0.2) is 0 Å². The summed E-state index contributed by atoms with van der Waals surface area (Å²) in [6, 6.07) is 8.54. The van der Waals surface area contributed by atoms with Crippen LogP contribution < -0.4 is 10.5 Å². The van der Waals surface area contributed by atoms with Gasteiger partial charge in [0.15, 0.2) is 0 Å².